The van der Waals surface area contributed by atoms with Crippen molar-refractivity contribution in [2.75, 3.05) is 5.32 Å². The molecule has 1 aromatic heterocycles. The van der Waals surface area contributed by atoms with Crippen LogP contribution in [-0.4, -0.2) is 25.5 Å². The van der Waals surface area contributed by atoms with E-state index in [4.69, 9.17) is 5.10 Å². The number of hydrogen-bond acceptors (Lipinski definition) is 7. The predicted octanol–water partition coefficient (Wildman–Crippen LogP) is 4.81. The maximum absolute atomic E-state index is 12.9. The minimum absolute atomic E-state index is 0.0140. The lowest BCUT2D eigenvalue weighted by molar-refractivity contribution is -0.384. The summed E-state index contributed by atoms with van der Waals surface area (Å²) in [7, 11) is 0. The van der Waals surface area contributed by atoms with Crippen LogP contribution in [0, 0.1) is 17.0 Å². The summed E-state index contributed by atoms with van der Waals surface area (Å²) in [6, 6.07) is 14.2. The maximum Gasteiger partial charge on any atom is 0.269 e. The first-order valence-corrected chi connectivity index (χ1v) is 11.4. The number of fused-ring (bicyclic) bond motifs is 1. The number of nitro groups is 1. The van der Waals surface area contributed by atoms with Crippen molar-refractivity contribution in [3.63, 3.8) is 0 Å². The van der Waals surface area contributed by atoms with E-state index in [1.807, 2.05) is 6.07 Å². The molecule has 1 aliphatic carbocycles. The number of benzene rings is 2. The molecule has 0 spiro atoms. The maximum atomic E-state index is 12.9. The van der Waals surface area contributed by atoms with Gasteiger partial charge in [-0.1, -0.05) is 41.6 Å². The summed E-state index contributed by atoms with van der Waals surface area (Å²) in [4.78, 5) is 28.2. The molecule has 2 aromatic carbocycles. The van der Waals surface area contributed by atoms with Crippen LogP contribution in [0.25, 0.3) is 0 Å². The highest BCUT2D eigenvalue weighted by atomic mass is 32.2. The average Bonchev–Trinajstić information content (AvgIpc) is 3.19. The first-order valence-electron chi connectivity index (χ1n) is 10.4. The number of nitro benzene ring substituents is 1. The largest absolute Gasteiger partial charge is 0.328 e. The Morgan fingerprint density at radius 3 is 2.78 bits per heavy atom. The Labute approximate surface area is 188 Å². The van der Waals surface area contributed by atoms with Crippen LogP contribution < -0.4 is 5.32 Å². The Hall–Kier alpha value is -3.46. The second-order valence-electron chi connectivity index (χ2n) is 7.99. The highest BCUT2D eigenvalue weighted by molar-refractivity contribution is 7.98. The zero-order valence-corrected chi connectivity index (χ0v) is 18.3. The Kier molecular flexibility index (Phi) is 5.26. The number of nitrogens with one attached hydrogen (secondary N) is 1. The summed E-state index contributed by atoms with van der Waals surface area (Å²) >= 11 is 1.54. The molecule has 0 bridgehead atoms. The third-order valence-electron chi connectivity index (χ3n) is 5.72. The van der Waals surface area contributed by atoms with Crippen molar-refractivity contribution < 1.29 is 9.72 Å². The number of aryl methyl sites for hydroxylation is 1. The minimum Gasteiger partial charge on any atom is -0.328 e. The van der Waals surface area contributed by atoms with Gasteiger partial charge < -0.3 is 5.32 Å². The number of non-ortho nitro benzene ring substituents is 1. The predicted molar refractivity (Wildman–Crippen MR) is 122 cm³/mol. The van der Waals surface area contributed by atoms with E-state index >= 15 is 0 Å². The number of anilines is 1. The van der Waals surface area contributed by atoms with Crippen LogP contribution in [0.3, 0.4) is 0 Å². The number of rotatable bonds is 5. The Balaban J connectivity index is 1.50. The zero-order valence-electron chi connectivity index (χ0n) is 17.4. The lowest BCUT2D eigenvalue weighted by atomic mass is 9.85. The van der Waals surface area contributed by atoms with E-state index in [1.165, 1.54) is 35.0 Å². The molecule has 5 rings (SSSR count). The van der Waals surface area contributed by atoms with Crippen LogP contribution in [0.2, 0.25) is 0 Å². The van der Waals surface area contributed by atoms with E-state index in [1.54, 1.807) is 16.8 Å². The number of allylic oxidation sites excluding steroid dienone is 2. The number of thioether (sulfide) groups is 1. The molecule has 8 nitrogen and oxygen atoms in total. The van der Waals surface area contributed by atoms with E-state index in [2.05, 4.69) is 35.4 Å². The molecule has 3 aromatic rings. The average molecular weight is 448 g/mol. The summed E-state index contributed by atoms with van der Waals surface area (Å²) in [5.41, 5.74) is 4.74. The molecule has 9 heteroatoms. The van der Waals surface area contributed by atoms with Crippen LogP contribution in [0.5, 0.6) is 0 Å². The van der Waals surface area contributed by atoms with E-state index < -0.39 is 11.0 Å². The van der Waals surface area contributed by atoms with Crippen molar-refractivity contribution in [2.24, 2.45) is 0 Å². The standard InChI is InChI=1S/C23H21N5O3S/c1-14-4-2-5-15(12-14)13-32-23-25-22-24-18-6-3-7-19(29)20(18)21(27(22)26-23)16-8-10-17(11-9-16)28(30)31/h2,4-5,8-12,21H,3,6-7,13H2,1H3,(H,24,25,26)/t21-/m0/s1. The number of ketones is 1. The zero-order chi connectivity index (χ0) is 22.2. The molecule has 0 unspecified atom stereocenters. The highest BCUT2D eigenvalue weighted by Crippen LogP contribution is 2.41. The fourth-order valence-corrected chi connectivity index (χ4v) is 5.01. The number of aromatic nitrogens is 3. The van der Waals surface area contributed by atoms with Crippen molar-refractivity contribution in [2.45, 2.75) is 43.1 Å². The van der Waals surface area contributed by atoms with Crippen LogP contribution in [0.1, 0.15) is 42.0 Å². The van der Waals surface area contributed by atoms with Gasteiger partial charge in [0.15, 0.2) is 5.78 Å². The number of Topliss-reactive ketones (excluding diaryl/α,β-unsaturated/α-hetero) is 1. The molecule has 32 heavy (non-hydrogen) atoms. The molecule has 0 saturated carbocycles. The summed E-state index contributed by atoms with van der Waals surface area (Å²) in [6.07, 6.45) is 2.05. The summed E-state index contributed by atoms with van der Waals surface area (Å²) in [6.45, 7) is 2.06. The van der Waals surface area contributed by atoms with Crippen LogP contribution in [0.4, 0.5) is 11.6 Å². The minimum atomic E-state index is -0.448. The van der Waals surface area contributed by atoms with E-state index in [0.29, 0.717) is 23.1 Å². The topological polar surface area (TPSA) is 103 Å². The number of nitrogens with zero attached hydrogens (tertiary/aromatic N) is 4. The monoisotopic (exact) mass is 447 g/mol. The van der Waals surface area contributed by atoms with Gasteiger partial charge in [-0.05, 0) is 43.0 Å². The smallest absolute Gasteiger partial charge is 0.269 e. The molecule has 162 valence electrons. The van der Waals surface area contributed by atoms with Gasteiger partial charge in [-0.15, -0.1) is 5.10 Å². The second-order valence-corrected chi connectivity index (χ2v) is 8.93. The van der Waals surface area contributed by atoms with Gasteiger partial charge in [0.25, 0.3) is 5.69 Å². The van der Waals surface area contributed by atoms with E-state index in [-0.39, 0.29) is 11.5 Å². The van der Waals surface area contributed by atoms with Gasteiger partial charge in [-0.3, -0.25) is 14.9 Å². The molecule has 0 fully saturated rings. The first-order chi connectivity index (χ1) is 15.5. The fourth-order valence-electron chi connectivity index (χ4n) is 4.23. The van der Waals surface area contributed by atoms with Crippen molar-refractivity contribution in [1.29, 1.82) is 0 Å². The number of carbonyl (C=O) groups excluding carboxylic acids is 1. The molecule has 2 aliphatic rings. The van der Waals surface area contributed by atoms with Crippen molar-refractivity contribution >= 4 is 29.2 Å². The van der Waals surface area contributed by atoms with Gasteiger partial charge in [-0.25, -0.2) is 4.68 Å². The molecule has 2 heterocycles. The summed E-state index contributed by atoms with van der Waals surface area (Å²) in [5.74, 6) is 1.41. The molecule has 1 aliphatic heterocycles. The van der Waals surface area contributed by atoms with Gasteiger partial charge in [0.2, 0.25) is 11.1 Å². The second kappa shape index (κ2) is 8.23. The Morgan fingerprint density at radius 2 is 2.03 bits per heavy atom. The van der Waals surface area contributed by atoms with Crippen molar-refractivity contribution in [3.05, 3.63) is 86.6 Å². The SMILES string of the molecule is Cc1cccc(CSc2nc3n(n2)[C@@H](c2ccc([N+](=O)[O-])cc2)C2=C(CCCC2=O)N3)c1. The van der Waals surface area contributed by atoms with Crippen molar-refractivity contribution in [3.8, 4) is 0 Å². The van der Waals surface area contributed by atoms with Crippen LogP contribution >= 0.6 is 11.8 Å². The molecule has 1 atom stereocenters. The summed E-state index contributed by atoms with van der Waals surface area (Å²) < 4.78 is 1.74. The third-order valence-corrected chi connectivity index (χ3v) is 6.63. The first kappa shape index (κ1) is 20.4. The molecule has 0 saturated heterocycles. The Morgan fingerprint density at radius 1 is 1.22 bits per heavy atom. The number of hydrogen-bond donors (Lipinski definition) is 1. The quantitative estimate of drug-likeness (QED) is 0.340. The lowest BCUT2D eigenvalue weighted by Crippen LogP contribution is -2.31. The normalized spacial score (nSPS) is 17.5. The molecule has 0 amide bonds. The van der Waals surface area contributed by atoms with E-state index in [9.17, 15) is 14.9 Å². The van der Waals surface area contributed by atoms with Crippen LogP contribution in [0.15, 0.2) is 65.0 Å². The van der Waals surface area contributed by atoms with E-state index in [0.717, 1.165) is 29.9 Å². The molecular weight excluding hydrogens is 426 g/mol. The van der Waals surface area contributed by atoms with Gasteiger partial charge in [-0.2, -0.15) is 4.98 Å². The number of carbonyl (C=O) groups is 1. The van der Waals surface area contributed by atoms with Crippen molar-refractivity contribution in [1.82, 2.24) is 14.8 Å². The molecule has 1 N–H and O–H groups in total. The van der Waals surface area contributed by atoms with Gasteiger partial charge in [0.05, 0.1) is 4.92 Å². The van der Waals surface area contributed by atoms with Crippen LogP contribution in [-0.2, 0) is 10.5 Å². The molecular formula is C23H21N5O3S. The molecule has 0 radical (unpaired) electrons. The van der Waals surface area contributed by atoms with Gasteiger partial charge in [0, 0.05) is 35.6 Å². The third kappa shape index (κ3) is 3.80. The van der Waals surface area contributed by atoms with Gasteiger partial charge >= 0.3 is 0 Å². The summed E-state index contributed by atoms with van der Waals surface area (Å²) in [5, 5.41) is 19.7. The lowest BCUT2D eigenvalue weighted by Gasteiger charge is -2.32. The Bertz CT molecular complexity index is 1250. The highest BCUT2D eigenvalue weighted by Gasteiger charge is 2.37. The van der Waals surface area contributed by atoms with Gasteiger partial charge in [0.1, 0.15) is 6.04 Å². The fraction of sp³-hybridized carbons (Fsp3) is 0.261.